The van der Waals surface area contributed by atoms with Gasteiger partial charge in [-0.05, 0) is 54.4 Å². The fraction of sp³-hybridized carbons (Fsp3) is 0.120. The van der Waals surface area contributed by atoms with Crippen LogP contribution in [0.4, 0.5) is 20.4 Å². The van der Waals surface area contributed by atoms with E-state index >= 15 is 0 Å². The Morgan fingerprint density at radius 1 is 1.11 bits per heavy atom. The molecule has 0 aliphatic carbocycles. The minimum atomic E-state index is -1.28. The maximum atomic E-state index is 14.2. The Morgan fingerprint density at radius 3 is 2.68 bits per heavy atom. The molecule has 5 aromatic rings. The van der Waals surface area contributed by atoms with Crippen molar-refractivity contribution in [1.29, 1.82) is 5.26 Å². The topological polar surface area (TPSA) is 123 Å². The van der Waals surface area contributed by atoms with Gasteiger partial charge in [0.1, 0.15) is 6.07 Å². The molecule has 0 amide bonds. The van der Waals surface area contributed by atoms with E-state index in [2.05, 4.69) is 20.4 Å². The summed E-state index contributed by atoms with van der Waals surface area (Å²) < 4.78 is 31.7. The predicted octanol–water partition coefficient (Wildman–Crippen LogP) is 2.93. The number of hydrogen-bond donors (Lipinski definition) is 1. The van der Waals surface area contributed by atoms with Crippen LogP contribution in [0.2, 0.25) is 0 Å². The van der Waals surface area contributed by atoms with Gasteiger partial charge in [-0.2, -0.15) is 15.3 Å². The molecule has 0 radical (unpaired) electrons. The highest BCUT2D eigenvalue weighted by atomic mass is 19.2. The molecule has 0 atom stereocenters. The zero-order valence-corrected chi connectivity index (χ0v) is 19.6. The van der Waals surface area contributed by atoms with Crippen molar-refractivity contribution in [2.45, 2.75) is 13.5 Å². The number of nitrogens with one attached hydrogen (secondary N) is 1. The highest BCUT2D eigenvalue weighted by Crippen LogP contribution is 2.21. The predicted molar refractivity (Wildman–Crippen MR) is 131 cm³/mol. The van der Waals surface area contributed by atoms with Gasteiger partial charge in [0, 0.05) is 30.5 Å². The number of nitriles is 1. The first-order valence-corrected chi connectivity index (χ1v) is 11.0. The first-order valence-electron chi connectivity index (χ1n) is 11.0. The summed E-state index contributed by atoms with van der Waals surface area (Å²) in [7, 11) is 1.78. The normalized spacial score (nSPS) is 11.0. The molecule has 10 nitrogen and oxygen atoms in total. The Labute approximate surface area is 207 Å². The molecule has 12 heteroatoms. The Hall–Kier alpha value is -5.18. The number of aryl methyl sites for hydroxylation is 2. The molecule has 0 fully saturated rings. The van der Waals surface area contributed by atoms with Crippen LogP contribution in [0.1, 0.15) is 16.7 Å². The monoisotopic (exact) mass is 500 g/mol. The van der Waals surface area contributed by atoms with Crippen LogP contribution in [-0.4, -0.2) is 28.9 Å². The summed E-state index contributed by atoms with van der Waals surface area (Å²) in [6.45, 7) is 1.44. The fourth-order valence-electron chi connectivity index (χ4n) is 3.97. The van der Waals surface area contributed by atoms with E-state index in [0.29, 0.717) is 11.3 Å². The van der Waals surface area contributed by atoms with Crippen LogP contribution >= 0.6 is 0 Å². The second kappa shape index (κ2) is 9.12. The molecule has 0 unspecified atom stereocenters. The average molecular weight is 500 g/mol. The van der Waals surface area contributed by atoms with Crippen molar-refractivity contribution in [2.24, 2.45) is 7.05 Å². The van der Waals surface area contributed by atoms with E-state index in [1.165, 1.54) is 6.20 Å². The first-order chi connectivity index (χ1) is 17.7. The molecule has 2 aromatic carbocycles. The Kier molecular flexibility index (Phi) is 5.81. The lowest BCUT2D eigenvalue weighted by Gasteiger charge is -2.16. The standard InChI is InChI=1S/C25H18F2N8O2/c1-14-5-19(11-29-10-14)35-24(36)31-23(30-18-3-4-21-17(8-18)13-33(2)32-21)34(25(35)37)12-15-6-16(9-28)22(27)20(26)7-15/h3-8,10-11,13H,12H2,1-2H3,(H,30,31,36). The molecule has 0 bridgehead atoms. The van der Waals surface area contributed by atoms with E-state index in [1.807, 2.05) is 0 Å². The van der Waals surface area contributed by atoms with Gasteiger partial charge in [0.2, 0.25) is 5.95 Å². The highest BCUT2D eigenvalue weighted by Gasteiger charge is 2.18. The Balaban J connectivity index is 1.68. The number of nitrogens with zero attached hydrogens (tertiary/aromatic N) is 7. The second-order valence-corrected chi connectivity index (χ2v) is 8.39. The maximum absolute atomic E-state index is 14.2. The van der Waals surface area contributed by atoms with E-state index in [0.717, 1.165) is 32.2 Å². The molecular formula is C25H18F2N8O2. The van der Waals surface area contributed by atoms with Crippen molar-refractivity contribution < 1.29 is 8.78 Å². The van der Waals surface area contributed by atoms with E-state index < -0.39 is 28.6 Å². The van der Waals surface area contributed by atoms with E-state index in [4.69, 9.17) is 0 Å². The number of fused-ring (bicyclic) bond motifs is 1. The van der Waals surface area contributed by atoms with Crippen molar-refractivity contribution in [1.82, 2.24) is 28.9 Å². The zero-order valence-electron chi connectivity index (χ0n) is 19.6. The van der Waals surface area contributed by atoms with Gasteiger partial charge in [0.15, 0.2) is 11.6 Å². The van der Waals surface area contributed by atoms with Gasteiger partial charge in [0.05, 0.1) is 29.5 Å². The van der Waals surface area contributed by atoms with E-state index in [-0.39, 0.29) is 23.7 Å². The Morgan fingerprint density at radius 2 is 1.92 bits per heavy atom. The van der Waals surface area contributed by atoms with E-state index in [9.17, 15) is 23.6 Å². The summed E-state index contributed by atoms with van der Waals surface area (Å²) in [5, 5.41) is 17.3. The van der Waals surface area contributed by atoms with Gasteiger partial charge < -0.3 is 5.32 Å². The number of aromatic nitrogens is 6. The molecule has 0 saturated carbocycles. The highest BCUT2D eigenvalue weighted by molar-refractivity contribution is 5.82. The largest absolute Gasteiger partial charge is 0.359 e. The van der Waals surface area contributed by atoms with Crippen LogP contribution in [-0.2, 0) is 13.6 Å². The van der Waals surface area contributed by atoms with Crippen LogP contribution in [0.25, 0.3) is 16.6 Å². The summed E-state index contributed by atoms with van der Waals surface area (Å²) in [6, 6.07) is 10.4. The zero-order chi connectivity index (χ0) is 26.3. The van der Waals surface area contributed by atoms with Crippen LogP contribution in [0, 0.1) is 29.9 Å². The fourth-order valence-corrected chi connectivity index (χ4v) is 3.97. The number of halogens is 2. The molecule has 1 N–H and O–H groups in total. The quantitative estimate of drug-likeness (QED) is 0.394. The number of benzene rings is 2. The second-order valence-electron chi connectivity index (χ2n) is 8.39. The third-order valence-corrected chi connectivity index (χ3v) is 5.61. The molecule has 3 aromatic heterocycles. The van der Waals surface area contributed by atoms with Crippen LogP contribution < -0.4 is 16.7 Å². The van der Waals surface area contributed by atoms with Crippen molar-refractivity contribution >= 4 is 22.5 Å². The van der Waals surface area contributed by atoms with Crippen molar-refractivity contribution in [3.8, 4) is 11.8 Å². The van der Waals surface area contributed by atoms with Crippen LogP contribution in [0.5, 0.6) is 0 Å². The third-order valence-electron chi connectivity index (χ3n) is 5.61. The molecule has 184 valence electrons. The smallest absolute Gasteiger partial charge is 0.325 e. The lowest BCUT2D eigenvalue weighted by atomic mass is 10.1. The SMILES string of the molecule is Cc1cncc(-n2c(=O)nc(Nc3ccc4nn(C)cc4c3)n(Cc3cc(F)c(F)c(C#N)c3)c2=O)c1. The molecule has 0 saturated heterocycles. The molecule has 0 aliphatic rings. The third kappa shape index (κ3) is 4.45. The number of hydrogen-bond acceptors (Lipinski definition) is 7. The van der Waals surface area contributed by atoms with Crippen LogP contribution in [0.3, 0.4) is 0 Å². The average Bonchev–Trinajstić information content (AvgIpc) is 3.23. The summed E-state index contributed by atoms with van der Waals surface area (Å²) in [6.07, 6.45) is 4.71. The first kappa shape index (κ1) is 23.6. The van der Waals surface area contributed by atoms with Crippen molar-refractivity contribution in [2.75, 3.05) is 5.32 Å². The Bertz CT molecular complexity index is 1850. The summed E-state index contributed by atoms with van der Waals surface area (Å²) in [5.41, 5.74) is 0.123. The minimum Gasteiger partial charge on any atom is -0.325 e. The van der Waals surface area contributed by atoms with Gasteiger partial charge >= 0.3 is 11.4 Å². The number of anilines is 2. The summed E-state index contributed by atoms with van der Waals surface area (Å²) in [4.78, 5) is 34.7. The number of pyridine rings is 1. The molecule has 5 rings (SSSR count). The molecule has 3 heterocycles. The maximum Gasteiger partial charge on any atom is 0.359 e. The number of rotatable bonds is 5. The van der Waals surface area contributed by atoms with Crippen molar-refractivity contribution in [3.63, 3.8) is 0 Å². The van der Waals surface area contributed by atoms with Gasteiger partial charge in [-0.1, -0.05) is 0 Å². The van der Waals surface area contributed by atoms with Crippen LogP contribution in [0.15, 0.2) is 64.6 Å². The summed E-state index contributed by atoms with van der Waals surface area (Å²) in [5.74, 6) is -2.64. The lowest BCUT2D eigenvalue weighted by Crippen LogP contribution is -2.41. The molecule has 0 aliphatic heterocycles. The molecule has 37 heavy (non-hydrogen) atoms. The van der Waals surface area contributed by atoms with Gasteiger partial charge in [-0.3, -0.25) is 14.2 Å². The summed E-state index contributed by atoms with van der Waals surface area (Å²) >= 11 is 0. The lowest BCUT2D eigenvalue weighted by molar-refractivity contribution is 0.503. The van der Waals surface area contributed by atoms with Gasteiger partial charge in [-0.25, -0.2) is 22.9 Å². The van der Waals surface area contributed by atoms with Gasteiger partial charge in [-0.15, -0.1) is 0 Å². The van der Waals surface area contributed by atoms with Gasteiger partial charge in [0.25, 0.3) is 0 Å². The molecule has 0 spiro atoms. The minimum absolute atomic E-state index is 0.123. The van der Waals surface area contributed by atoms with E-state index in [1.54, 1.807) is 61.4 Å². The van der Waals surface area contributed by atoms with Crippen molar-refractivity contribution in [3.05, 3.63) is 104 Å². The molecular weight excluding hydrogens is 482 g/mol.